The lowest BCUT2D eigenvalue weighted by Crippen LogP contribution is -1.98. The number of aryl methyl sites for hydroxylation is 1. The second-order valence-electron chi connectivity index (χ2n) is 1.56. The van der Waals surface area contributed by atoms with Crippen LogP contribution in [0, 0.1) is 10.1 Å². The molecule has 0 saturated carbocycles. The molecule has 6 nitrogen and oxygen atoms in total. The van der Waals surface area contributed by atoms with Crippen LogP contribution in [0.4, 0.5) is 5.95 Å². The van der Waals surface area contributed by atoms with Gasteiger partial charge in [0.1, 0.15) is 0 Å². The van der Waals surface area contributed by atoms with Crippen LogP contribution in [0.1, 0.15) is 0 Å². The van der Waals surface area contributed by atoms with Crippen molar-refractivity contribution in [1.82, 2.24) is 14.8 Å². The van der Waals surface area contributed by atoms with Gasteiger partial charge in [-0.1, -0.05) is 5.10 Å². The number of rotatable bonds is 1. The third kappa shape index (κ3) is 1.06. The smallest absolute Gasteiger partial charge is 0.390 e. The van der Waals surface area contributed by atoms with Gasteiger partial charge in [0.25, 0.3) is 0 Å². The maximum absolute atomic E-state index is 10.1. The molecule has 0 radical (unpaired) electrons. The van der Waals surface area contributed by atoms with Crippen LogP contribution in [0.15, 0.2) is 0 Å². The molecular weight excluding hydrogens is 160 g/mol. The highest BCUT2D eigenvalue weighted by Crippen LogP contribution is 2.08. The zero-order chi connectivity index (χ0) is 7.72. The van der Waals surface area contributed by atoms with E-state index in [1.165, 1.54) is 7.05 Å². The largest absolute Gasteiger partial charge is 0.456 e. The van der Waals surface area contributed by atoms with Crippen molar-refractivity contribution in [2.45, 2.75) is 0 Å². The lowest BCUT2D eigenvalue weighted by atomic mass is 11.0. The molecule has 0 fully saturated rings. The van der Waals surface area contributed by atoms with Crippen LogP contribution in [0.2, 0.25) is 5.28 Å². The summed E-state index contributed by atoms with van der Waals surface area (Å²) < 4.78 is 1.00. The molecule has 0 spiro atoms. The van der Waals surface area contributed by atoms with Crippen molar-refractivity contribution < 1.29 is 4.92 Å². The molecule has 1 heterocycles. The van der Waals surface area contributed by atoms with Crippen molar-refractivity contribution in [3.05, 3.63) is 15.4 Å². The number of nitro groups is 1. The Labute approximate surface area is 60.6 Å². The molecule has 7 heteroatoms. The van der Waals surface area contributed by atoms with Crippen LogP contribution >= 0.6 is 11.6 Å². The molecule has 0 atom stereocenters. The molecule has 54 valence electrons. The normalized spacial score (nSPS) is 9.80. The van der Waals surface area contributed by atoms with E-state index in [1.54, 1.807) is 0 Å². The standard InChI is InChI=1S/C3H3ClN4O2/c1-7-3(8(9)10)5-2(4)6-7/h1H3. The monoisotopic (exact) mass is 162 g/mol. The Balaban J connectivity index is 3.15. The highest BCUT2D eigenvalue weighted by molar-refractivity contribution is 6.28. The first-order valence-corrected chi connectivity index (χ1v) is 2.70. The van der Waals surface area contributed by atoms with Crippen molar-refractivity contribution >= 4 is 17.5 Å². The molecule has 0 amide bonds. The fourth-order valence-corrected chi connectivity index (χ4v) is 0.694. The summed E-state index contributed by atoms with van der Waals surface area (Å²) >= 11 is 5.26. The summed E-state index contributed by atoms with van der Waals surface area (Å²) in [5.74, 6) is -0.356. The van der Waals surface area contributed by atoms with E-state index in [0.717, 1.165) is 4.68 Å². The summed E-state index contributed by atoms with van der Waals surface area (Å²) in [6, 6.07) is 0. The maximum Gasteiger partial charge on any atom is 0.456 e. The van der Waals surface area contributed by atoms with E-state index in [-0.39, 0.29) is 11.2 Å². The molecule has 0 unspecified atom stereocenters. The van der Waals surface area contributed by atoms with Gasteiger partial charge in [0.15, 0.2) is 0 Å². The summed E-state index contributed by atoms with van der Waals surface area (Å²) in [6.45, 7) is 0. The first-order valence-electron chi connectivity index (χ1n) is 2.32. The van der Waals surface area contributed by atoms with Gasteiger partial charge in [-0.05, 0) is 21.5 Å². The minimum Gasteiger partial charge on any atom is -0.390 e. The number of nitrogens with zero attached hydrogens (tertiary/aromatic N) is 4. The molecule has 0 N–H and O–H groups in total. The molecule has 10 heavy (non-hydrogen) atoms. The van der Waals surface area contributed by atoms with Crippen LogP contribution in [0.5, 0.6) is 0 Å². The molecule has 0 aliphatic heterocycles. The number of hydrogen-bond acceptors (Lipinski definition) is 4. The highest BCUT2D eigenvalue weighted by atomic mass is 35.5. The predicted octanol–water partition coefficient (Wildman–Crippen LogP) is 0.377. The third-order valence-electron chi connectivity index (χ3n) is 0.878. The van der Waals surface area contributed by atoms with Gasteiger partial charge in [0.2, 0.25) is 0 Å². The van der Waals surface area contributed by atoms with Gasteiger partial charge in [-0.3, -0.25) is 0 Å². The number of aromatic nitrogens is 3. The quantitative estimate of drug-likeness (QED) is 0.442. The van der Waals surface area contributed by atoms with E-state index in [9.17, 15) is 10.1 Å². The molecule has 0 bridgehead atoms. The average Bonchev–Trinajstić information content (AvgIpc) is 2.10. The first kappa shape index (κ1) is 6.94. The van der Waals surface area contributed by atoms with Crippen molar-refractivity contribution in [3.63, 3.8) is 0 Å². The molecule has 1 aromatic rings. The van der Waals surface area contributed by atoms with Crippen LogP contribution < -0.4 is 0 Å². The summed E-state index contributed by atoms with van der Waals surface area (Å²) in [5.41, 5.74) is 0. The minimum atomic E-state index is -0.654. The van der Waals surface area contributed by atoms with Crippen LogP contribution in [0.25, 0.3) is 0 Å². The van der Waals surface area contributed by atoms with Gasteiger partial charge in [-0.15, -0.1) is 4.68 Å². The second kappa shape index (κ2) is 2.22. The predicted molar refractivity (Wildman–Crippen MR) is 32.7 cm³/mol. The maximum atomic E-state index is 10.1. The van der Waals surface area contributed by atoms with Crippen LogP contribution in [-0.2, 0) is 7.05 Å². The Hall–Kier alpha value is -1.17. The molecule has 1 rings (SSSR count). The van der Waals surface area contributed by atoms with E-state index in [0.29, 0.717) is 0 Å². The van der Waals surface area contributed by atoms with Crippen molar-refractivity contribution in [1.29, 1.82) is 0 Å². The van der Waals surface area contributed by atoms with Gasteiger partial charge in [-0.2, -0.15) is 0 Å². The van der Waals surface area contributed by atoms with Gasteiger partial charge in [0.05, 0.1) is 7.05 Å². The SMILES string of the molecule is Cn1nc(Cl)nc1[N+](=O)[O-]. The molecule has 0 aliphatic carbocycles. The Kier molecular flexibility index (Phi) is 1.54. The van der Waals surface area contributed by atoms with Gasteiger partial charge in [0, 0.05) is 0 Å². The van der Waals surface area contributed by atoms with E-state index < -0.39 is 4.92 Å². The number of halogens is 1. The van der Waals surface area contributed by atoms with Crippen molar-refractivity contribution in [2.75, 3.05) is 0 Å². The average molecular weight is 163 g/mol. The fraction of sp³-hybridized carbons (Fsp3) is 0.333. The lowest BCUT2D eigenvalue weighted by Gasteiger charge is -1.88. The van der Waals surface area contributed by atoms with Crippen molar-refractivity contribution in [3.8, 4) is 0 Å². The summed E-state index contributed by atoms with van der Waals surface area (Å²) in [6.07, 6.45) is 0. The minimum absolute atomic E-state index is 0.116. The Morgan fingerprint density at radius 1 is 1.80 bits per heavy atom. The zero-order valence-corrected chi connectivity index (χ0v) is 5.74. The molecule has 1 aromatic heterocycles. The Bertz CT molecular complexity index is 269. The van der Waals surface area contributed by atoms with E-state index >= 15 is 0 Å². The van der Waals surface area contributed by atoms with E-state index in [1.807, 2.05) is 0 Å². The summed E-state index contributed by atoms with van der Waals surface area (Å²) in [4.78, 5) is 12.7. The van der Waals surface area contributed by atoms with Crippen molar-refractivity contribution in [2.24, 2.45) is 7.05 Å². The number of hydrogen-bond donors (Lipinski definition) is 0. The van der Waals surface area contributed by atoms with Gasteiger partial charge in [-0.25, -0.2) is 0 Å². The molecule has 0 saturated heterocycles. The second-order valence-corrected chi connectivity index (χ2v) is 1.90. The summed E-state index contributed by atoms with van der Waals surface area (Å²) in [5, 5.41) is 13.4. The van der Waals surface area contributed by atoms with Gasteiger partial charge >= 0.3 is 11.2 Å². The highest BCUT2D eigenvalue weighted by Gasteiger charge is 2.16. The van der Waals surface area contributed by atoms with E-state index in [4.69, 9.17) is 11.6 Å². The zero-order valence-electron chi connectivity index (χ0n) is 4.98. The van der Waals surface area contributed by atoms with Crippen LogP contribution in [-0.4, -0.2) is 19.7 Å². The third-order valence-corrected chi connectivity index (χ3v) is 1.04. The fourth-order valence-electron chi connectivity index (χ4n) is 0.505. The molecular formula is C3H3ClN4O2. The molecule has 0 aromatic carbocycles. The first-order chi connectivity index (χ1) is 4.61. The van der Waals surface area contributed by atoms with Gasteiger partial charge < -0.3 is 10.1 Å². The Morgan fingerprint density at radius 3 is 2.60 bits per heavy atom. The Morgan fingerprint density at radius 2 is 2.40 bits per heavy atom. The topological polar surface area (TPSA) is 73.8 Å². The molecule has 0 aliphatic rings. The van der Waals surface area contributed by atoms with Crippen LogP contribution in [0.3, 0.4) is 0 Å². The van der Waals surface area contributed by atoms with E-state index in [2.05, 4.69) is 10.1 Å². The summed E-state index contributed by atoms with van der Waals surface area (Å²) in [7, 11) is 1.40. The lowest BCUT2D eigenvalue weighted by molar-refractivity contribution is -0.396.